The summed E-state index contributed by atoms with van der Waals surface area (Å²) in [6, 6.07) is 0. The highest BCUT2D eigenvalue weighted by Gasteiger charge is 2.42. The van der Waals surface area contributed by atoms with Crippen LogP contribution in [0.2, 0.25) is 0 Å². The SMILES string of the molecule is CC(Cl)N1C(C)(C)CCCC1(C)C. The van der Waals surface area contributed by atoms with E-state index in [1.165, 1.54) is 19.3 Å². The van der Waals surface area contributed by atoms with Gasteiger partial charge < -0.3 is 0 Å². The Morgan fingerprint density at radius 1 is 1.08 bits per heavy atom. The highest BCUT2D eigenvalue weighted by Crippen LogP contribution is 2.40. The minimum Gasteiger partial charge on any atom is -0.277 e. The summed E-state index contributed by atoms with van der Waals surface area (Å²) in [5.41, 5.74) is 0.636. The molecule has 0 aliphatic carbocycles. The highest BCUT2D eigenvalue weighted by atomic mass is 35.5. The average molecular weight is 204 g/mol. The summed E-state index contributed by atoms with van der Waals surface area (Å²) in [6.45, 7) is 11.3. The largest absolute Gasteiger partial charge is 0.277 e. The van der Waals surface area contributed by atoms with Gasteiger partial charge in [-0.2, -0.15) is 0 Å². The van der Waals surface area contributed by atoms with Crippen molar-refractivity contribution in [1.82, 2.24) is 4.90 Å². The second-order valence-corrected chi connectivity index (χ2v) is 6.05. The molecule has 0 aromatic rings. The van der Waals surface area contributed by atoms with Crippen molar-refractivity contribution in [1.29, 1.82) is 0 Å². The Labute approximate surface area is 87.4 Å². The van der Waals surface area contributed by atoms with E-state index in [0.29, 0.717) is 0 Å². The number of halogens is 1. The Morgan fingerprint density at radius 2 is 1.46 bits per heavy atom. The number of nitrogens with zero attached hydrogens (tertiary/aromatic N) is 1. The van der Waals surface area contributed by atoms with Gasteiger partial charge in [-0.05, 0) is 53.9 Å². The summed E-state index contributed by atoms with van der Waals surface area (Å²) >= 11 is 6.25. The fourth-order valence-electron chi connectivity index (χ4n) is 2.98. The second-order valence-electron chi connectivity index (χ2n) is 5.42. The van der Waals surface area contributed by atoms with Gasteiger partial charge in [-0.25, -0.2) is 0 Å². The molecule has 0 spiro atoms. The van der Waals surface area contributed by atoms with Crippen molar-refractivity contribution in [2.45, 2.75) is 70.5 Å². The van der Waals surface area contributed by atoms with E-state index in [4.69, 9.17) is 11.6 Å². The van der Waals surface area contributed by atoms with Crippen LogP contribution in [-0.4, -0.2) is 21.5 Å². The van der Waals surface area contributed by atoms with E-state index in [0.717, 1.165) is 0 Å². The van der Waals surface area contributed by atoms with Gasteiger partial charge in [0.15, 0.2) is 0 Å². The summed E-state index contributed by atoms with van der Waals surface area (Å²) in [4.78, 5) is 2.45. The zero-order valence-electron chi connectivity index (χ0n) is 9.52. The van der Waals surface area contributed by atoms with Crippen LogP contribution in [0.5, 0.6) is 0 Å². The maximum atomic E-state index is 6.25. The van der Waals surface area contributed by atoms with Crippen LogP contribution in [0.4, 0.5) is 0 Å². The maximum Gasteiger partial charge on any atom is 0.0830 e. The number of hydrogen-bond donors (Lipinski definition) is 0. The Hall–Kier alpha value is 0.250. The summed E-state index contributed by atoms with van der Waals surface area (Å²) in [6.07, 6.45) is 3.83. The molecule has 1 rings (SSSR count). The first-order chi connectivity index (χ1) is 5.77. The van der Waals surface area contributed by atoms with Crippen molar-refractivity contribution in [2.24, 2.45) is 0 Å². The molecule has 0 N–H and O–H groups in total. The van der Waals surface area contributed by atoms with Gasteiger partial charge in [0.1, 0.15) is 0 Å². The molecule has 1 aliphatic rings. The van der Waals surface area contributed by atoms with E-state index in [2.05, 4.69) is 39.5 Å². The number of hydrogen-bond acceptors (Lipinski definition) is 1. The van der Waals surface area contributed by atoms with Crippen LogP contribution in [0.1, 0.15) is 53.9 Å². The minimum atomic E-state index is 0.130. The molecule has 0 aromatic carbocycles. The molecule has 0 saturated carbocycles. The molecule has 1 nitrogen and oxygen atoms in total. The first kappa shape index (κ1) is 11.3. The van der Waals surface area contributed by atoms with Gasteiger partial charge in [0.2, 0.25) is 0 Å². The molecule has 1 aliphatic heterocycles. The Balaban J connectivity index is 2.91. The topological polar surface area (TPSA) is 3.24 Å². The molecule has 13 heavy (non-hydrogen) atoms. The molecule has 0 aromatic heterocycles. The van der Waals surface area contributed by atoms with Crippen LogP contribution < -0.4 is 0 Å². The zero-order valence-corrected chi connectivity index (χ0v) is 10.3. The van der Waals surface area contributed by atoms with E-state index in [-0.39, 0.29) is 16.6 Å². The van der Waals surface area contributed by atoms with Gasteiger partial charge in [-0.1, -0.05) is 0 Å². The van der Waals surface area contributed by atoms with E-state index in [9.17, 15) is 0 Å². The Morgan fingerprint density at radius 3 is 1.69 bits per heavy atom. The third kappa shape index (κ3) is 2.19. The fraction of sp³-hybridized carbons (Fsp3) is 1.00. The molecular weight excluding hydrogens is 182 g/mol. The van der Waals surface area contributed by atoms with E-state index < -0.39 is 0 Å². The van der Waals surface area contributed by atoms with Gasteiger partial charge in [0.25, 0.3) is 0 Å². The van der Waals surface area contributed by atoms with Gasteiger partial charge in [-0.3, -0.25) is 4.90 Å². The van der Waals surface area contributed by atoms with Crippen LogP contribution in [0.15, 0.2) is 0 Å². The highest BCUT2D eigenvalue weighted by molar-refractivity contribution is 6.20. The molecule has 1 unspecified atom stereocenters. The van der Waals surface area contributed by atoms with Crippen molar-refractivity contribution in [3.8, 4) is 0 Å². The molecule has 0 amide bonds. The number of piperidine rings is 1. The van der Waals surface area contributed by atoms with Gasteiger partial charge in [0.05, 0.1) is 5.50 Å². The quantitative estimate of drug-likeness (QED) is 0.465. The van der Waals surface area contributed by atoms with Gasteiger partial charge in [0, 0.05) is 11.1 Å². The standard InChI is InChI=1S/C11H22ClN/c1-9(12)13-10(2,3)7-6-8-11(13,4)5/h9H,6-8H2,1-5H3. The first-order valence-electron chi connectivity index (χ1n) is 5.21. The predicted octanol–water partition coefficient (Wildman–Crippen LogP) is 3.61. The average Bonchev–Trinajstić information content (AvgIpc) is 1.79. The van der Waals surface area contributed by atoms with Gasteiger partial charge in [-0.15, -0.1) is 11.6 Å². The number of likely N-dealkylation sites (tertiary alicyclic amines) is 1. The Kier molecular flexibility index (Phi) is 2.99. The molecular formula is C11H22ClN. The van der Waals surface area contributed by atoms with Crippen molar-refractivity contribution in [3.05, 3.63) is 0 Å². The monoisotopic (exact) mass is 203 g/mol. The maximum absolute atomic E-state index is 6.25. The molecule has 78 valence electrons. The molecule has 1 heterocycles. The number of alkyl halides is 1. The van der Waals surface area contributed by atoms with Crippen LogP contribution in [0, 0.1) is 0 Å². The molecule has 0 radical (unpaired) electrons. The third-order valence-corrected chi connectivity index (χ3v) is 3.43. The summed E-state index contributed by atoms with van der Waals surface area (Å²) in [5.74, 6) is 0. The van der Waals surface area contributed by atoms with Crippen molar-refractivity contribution >= 4 is 11.6 Å². The molecule has 1 fully saturated rings. The summed E-state index contributed by atoms with van der Waals surface area (Å²) in [5, 5.41) is 0. The number of rotatable bonds is 1. The summed E-state index contributed by atoms with van der Waals surface area (Å²) < 4.78 is 0. The molecule has 0 bridgehead atoms. The first-order valence-corrected chi connectivity index (χ1v) is 5.64. The van der Waals surface area contributed by atoms with Crippen LogP contribution in [0.3, 0.4) is 0 Å². The van der Waals surface area contributed by atoms with E-state index >= 15 is 0 Å². The zero-order chi connectivity index (χ0) is 10.3. The smallest absolute Gasteiger partial charge is 0.0830 e. The van der Waals surface area contributed by atoms with E-state index in [1.54, 1.807) is 0 Å². The minimum absolute atomic E-state index is 0.130. The normalized spacial score (nSPS) is 30.0. The van der Waals surface area contributed by atoms with Crippen LogP contribution >= 0.6 is 11.6 Å². The van der Waals surface area contributed by atoms with Crippen molar-refractivity contribution in [3.63, 3.8) is 0 Å². The predicted molar refractivity (Wildman–Crippen MR) is 59.2 cm³/mol. The van der Waals surface area contributed by atoms with Gasteiger partial charge >= 0.3 is 0 Å². The third-order valence-electron chi connectivity index (χ3n) is 3.24. The molecule has 1 saturated heterocycles. The lowest BCUT2D eigenvalue weighted by molar-refractivity contribution is -0.0339. The van der Waals surface area contributed by atoms with Crippen molar-refractivity contribution in [2.75, 3.05) is 0 Å². The van der Waals surface area contributed by atoms with Crippen LogP contribution in [-0.2, 0) is 0 Å². The molecule has 1 atom stereocenters. The fourth-order valence-corrected chi connectivity index (χ4v) is 3.51. The second kappa shape index (κ2) is 3.43. The van der Waals surface area contributed by atoms with E-state index in [1.807, 2.05) is 0 Å². The lowest BCUT2D eigenvalue weighted by Crippen LogP contribution is -2.60. The lowest BCUT2D eigenvalue weighted by atomic mass is 9.80. The lowest BCUT2D eigenvalue weighted by Gasteiger charge is -2.54. The Bertz CT molecular complexity index is 169. The molecule has 2 heteroatoms. The summed E-state index contributed by atoms with van der Waals surface area (Å²) in [7, 11) is 0. The van der Waals surface area contributed by atoms with Crippen LogP contribution in [0.25, 0.3) is 0 Å². The van der Waals surface area contributed by atoms with Crippen molar-refractivity contribution < 1.29 is 0 Å².